The van der Waals surface area contributed by atoms with Gasteiger partial charge in [-0.1, -0.05) is 19.3 Å². The number of nitrogens with two attached hydrogens (primary N) is 1. The molecule has 3 nitrogen and oxygen atoms in total. The quantitative estimate of drug-likeness (QED) is 0.795. The molecular formula is C13H16FIN2O. The van der Waals surface area contributed by atoms with Gasteiger partial charge in [-0.2, -0.15) is 0 Å². The monoisotopic (exact) mass is 362 g/mol. The average Bonchev–Trinajstić information content (AvgIpc) is 2.33. The summed E-state index contributed by atoms with van der Waals surface area (Å²) in [6.45, 7) is 0. The van der Waals surface area contributed by atoms with Crippen LogP contribution in [0.25, 0.3) is 0 Å². The van der Waals surface area contributed by atoms with E-state index in [2.05, 4.69) is 5.32 Å². The molecule has 0 heterocycles. The van der Waals surface area contributed by atoms with E-state index in [0.717, 1.165) is 32.1 Å². The lowest BCUT2D eigenvalue weighted by Crippen LogP contribution is -2.52. The van der Waals surface area contributed by atoms with Crippen LogP contribution in [0, 0.1) is 9.39 Å². The first-order valence-corrected chi connectivity index (χ1v) is 7.14. The van der Waals surface area contributed by atoms with Crippen LogP contribution in [0.4, 0.5) is 10.1 Å². The van der Waals surface area contributed by atoms with Crippen molar-refractivity contribution < 1.29 is 9.18 Å². The minimum absolute atomic E-state index is 0.160. The first-order valence-electron chi connectivity index (χ1n) is 6.07. The maximum Gasteiger partial charge on any atom is 0.244 e. The lowest BCUT2D eigenvalue weighted by atomic mass is 9.82. The number of hydrogen-bond donors (Lipinski definition) is 2. The Balaban J connectivity index is 2.11. The SMILES string of the molecule is NC1(C(=O)Nc2ccc(F)cc2I)CCCCC1. The smallest absolute Gasteiger partial charge is 0.244 e. The Labute approximate surface area is 119 Å². The fourth-order valence-corrected chi connectivity index (χ4v) is 2.86. The molecule has 1 aromatic rings. The van der Waals surface area contributed by atoms with Crippen molar-refractivity contribution in [2.24, 2.45) is 5.73 Å². The van der Waals surface area contributed by atoms with Crippen LogP contribution in [0.3, 0.4) is 0 Å². The maximum atomic E-state index is 13.0. The highest BCUT2D eigenvalue weighted by molar-refractivity contribution is 14.1. The van der Waals surface area contributed by atoms with Gasteiger partial charge in [-0.05, 0) is 53.6 Å². The van der Waals surface area contributed by atoms with Gasteiger partial charge in [0.25, 0.3) is 0 Å². The summed E-state index contributed by atoms with van der Waals surface area (Å²) in [5.41, 5.74) is 6.00. The van der Waals surface area contributed by atoms with E-state index in [1.165, 1.54) is 12.1 Å². The van der Waals surface area contributed by atoms with Crippen LogP contribution in [0.2, 0.25) is 0 Å². The molecule has 0 unspecified atom stereocenters. The van der Waals surface area contributed by atoms with Crippen LogP contribution in [0.15, 0.2) is 18.2 Å². The first kappa shape index (κ1) is 13.7. The summed E-state index contributed by atoms with van der Waals surface area (Å²) in [7, 11) is 0. The molecule has 0 bridgehead atoms. The number of halogens is 2. The summed E-state index contributed by atoms with van der Waals surface area (Å²) in [5.74, 6) is -0.468. The Kier molecular flexibility index (Phi) is 4.21. The van der Waals surface area contributed by atoms with Gasteiger partial charge >= 0.3 is 0 Å². The summed E-state index contributed by atoms with van der Waals surface area (Å²) in [4.78, 5) is 12.2. The van der Waals surface area contributed by atoms with Gasteiger partial charge in [0.1, 0.15) is 5.82 Å². The van der Waals surface area contributed by atoms with Crippen LogP contribution >= 0.6 is 22.6 Å². The molecule has 3 N–H and O–H groups in total. The molecule has 1 fully saturated rings. The lowest BCUT2D eigenvalue weighted by Gasteiger charge is -2.31. The molecule has 0 spiro atoms. The van der Waals surface area contributed by atoms with Crippen LogP contribution in [0.5, 0.6) is 0 Å². The summed E-state index contributed by atoms with van der Waals surface area (Å²) in [5, 5.41) is 2.81. The summed E-state index contributed by atoms with van der Waals surface area (Å²) in [6, 6.07) is 4.29. The second-order valence-corrected chi connectivity index (χ2v) is 5.96. The van der Waals surface area contributed by atoms with Crippen molar-refractivity contribution >= 4 is 34.2 Å². The van der Waals surface area contributed by atoms with Crippen LogP contribution in [-0.2, 0) is 4.79 Å². The van der Waals surface area contributed by atoms with Gasteiger partial charge in [-0.25, -0.2) is 4.39 Å². The van der Waals surface area contributed by atoms with Gasteiger partial charge in [-0.15, -0.1) is 0 Å². The molecule has 5 heteroatoms. The van der Waals surface area contributed by atoms with Crippen LogP contribution in [-0.4, -0.2) is 11.4 Å². The highest BCUT2D eigenvalue weighted by Crippen LogP contribution is 2.28. The Morgan fingerprint density at radius 1 is 1.33 bits per heavy atom. The molecular weight excluding hydrogens is 346 g/mol. The Hall–Kier alpha value is -0.690. The molecule has 0 saturated heterocycles. The Morgan fingerprint density at radius 3 is 2.61 bits per heavy atom. The number of benzene rings is 1. The van der Waals surface area contributed by atoms with E-state index in [4.69, 9.17) is 5.73 Å². The third kappa shape index (κ3) is 3.00. The maximum absolute atomic E-state index is 13.0. The number of rotatable bonds is 2. The van der Waals surface area contributed by atoms with Crippen molar-refractivity contribution in [1.29, 1.82) is 0 Å². The van der Waals surface area contributed by atoms with Crippen molar-refractivity contribution in [3.8, 4) is 0 Å². The van der Waals surface area contributed by atoms with Gasteiger partial charge in [0, 0.05) is 3.57 Å². The standard InChI is InChI=1S/C13H16FIN2O/c14-9-4-5-11(10(15)8-9)17-12(18)13(16)6-2-1-3-7-13/h4-5,8H,1-3,6-7,16H2,(H,17,18). The normalized spacial score (nSPS) is 18.4. The number of anilines is 1. The van der Waals surface area contributed by atoms with Crippen molar-refractivity contribution in [3.05, 3.63) is 27.6 Å². The molecule has 0 radical (unpaired) electrons. The van der Waals surface area contributed by atoms with E-state index < -0.39 is 5.54 Å². The van der Waals surface area contributed by atoms with Crippen molar-refractivity contribution in [1.82, 2.24) is 0 Å². The summed E-state index contributed by atoms with van der Waals surface area (Å²) in [6.07, 6.45) is 4.56. The lowest BCUT2D eigenvalue weighted by molar-refractivity contribution is -0.122. The van der Waals surface area contributed by atoms with E-state index in [1.54, 1.807) is 6.07 Å². The number of amides is 1. The predicted octanol–water partition coefficient (Wildman–Crippen LogP) is 3.03. The molecule has 1 aliphatic carbocycles. The minimum atomic E-state index is -0.768. The largest absolute Gasteiger partial charge is 0.324 e. The van der Waals surface area contributed by atoms with Crippen LogP contribution in [0.1, 0.15) is 32.1 Å². The molecule has 2 rings (SSSR count). The second kappa shape index (κ2) is 5.52. The third-order valence-corrected chi connectivity index (χ3v) is 4.27. The van der Waals surface area contributed by atoms with E-state index in [0.29, 0.717) is 9.26 Å². The van der Waals surface area contributed by atoms with Gasteiger partial charge in [-0.3, -0.25) is 4.79 Å². The summed E-state index contributed by atoms with van der Waals surface area (Å²) < 4.78 is 13.7. The number of nitrogens with one attached hydrogen (secondary N) is 1. The molecule has 18 heavy (non-hydrogen) atoms. The number of hydrogen-bond acceptors (Lipinski definition) is 2. The van der Waals surface area contributed by atoms with E-state index >= 15 is 0 Å². The number of carbonyl (C=O) groups is 1. The van der Waals surface area contributed by atoms with Crippen molar-refractivity contribution in [2.75, 3.05) is 5.32 Å². The van der Waals surface area contributed by atoms with Gasteiger partial charge in [0.05, 0.1) is 11.2 Å². The van der Waals surface area contributed by atoms with Crippen molar-refractivity contribution in [3.63, 3.8) is 0 Å². The molecule has 0 aliphatic heterocycles. The Bertz CT molecular complexity index is 458. The highest BCUT2D eigenvalue weighted by atomic mass is 127. The zero-order valence-corrected chi connectivity index (χ0v) is 12.2. The zero-order chi connectivity index (χ0) is 13.2. The van der Waals surface area contributed by atoms with Gasteiger partial charge in [0.15, 0.2) is 0 Å². The second-order valence-electron chi connectivity index (χ2n) is 4.80. The van der Waals surface area contributed by atoms with E-state index in [1.807, 2.05) is 22.6 Å². The predicted molar refractivity (Wildman–Crippen MR) is 77.8 cm³/mol. The third-order valence-electron chi connectivity index (χ3n) is 3.38. The molecule has 1 amide bonds. The zero-order valence-electron chi connectivity index (χ0n) is 10.0. The van der Waals surface area contributed by atoms with Gasteiger partial charge < -0.3 is 11.1 Å². The van der Waals surface area contributed by atoms with E-state index in [9.17, 15) is 9.18 Å². The molecule has 1 saturated carbocycles. The molecule has 98 valence electrons. The molecule has 1 aliphatic rings. The average molecular weight is 362 g/mol. The first-order chi connectivity index (χ1) is 8.51. The van der Waals surface area contributed by atoms with Crippen molar-refractivity contribution in [2.45, 2.75) is 37.6 Å². The number of carbonyl (C=O) groups excluding carboxylic acids is 1. The molecule has 0 aromatic heterocycles. The van der Waals surface area contributed by atoms with Gasteiger partial charge in [0.2, 0.25) is 5.91 Å². The Morgan fingerprint density at radius 2 is 2.00 bits per heavy atom. The summed E-state index contributed by atoms with van der Waals surface area (Å²) >= 11 is 2.00. The van der Waals surface area contributed by atoms with Crippen LogP contribution < -0.4 is 11.1 Å². The molecule has 1 aromatic carbocycles. The topological polar surface area (TPSA) is 55.1 Å². The molecule has 0 atom stereocenters. The fourth-order valence-electron chi connectivity index (χ4n) is 2.25. The fraction of sp³-hybridized carbons (Fsp3) is 0.462. The minimum Gasteiger partial charge on any atom is -0.324 e. The highest BCUT2D eigenvalue weighted by Gasteiger charge is 2.35. The van der Waals surface area contributed by atoms with E-state index in [-0.39, 0.29) is 11.7 Å².